The van der Waals surface area contributed by atoms with Crippen LogP contribution >= 0.6 is 0 Å². The SMILES string of the molecule is C1=NCc2[nH]cnc2N1.c1ccncc1. The van der Waals surface area contributed by atoms with Crippen LogP contribution in [-0.4, -0.2) is 21.3 Å². The third kappa shape index (κ3) is 2.63. The maximum Gasteiger partial charge on any atom is 0.154 e. The fraction of sp³-hybridized carbons (Fsp3) is 0.100. The lowest BCUT2D eigenvalue weighted by Gasteiger charge is -2.02. The van der Waals surface area contributed by atoms with Crippen molar-refractivity contribution in [2.24, 2.45) is 4.99 Å². The van der Waals surface area contributed by atoms with Crippen molar-refractivity contribution in [2.45, 2.75) is 6.54 Å². The topological polar surface area (TPSA) is 66.0 Å². The number of nitrogens with zero attached hydrogens (tertiary/aromatic N) is 3. The van der Waals surface area contributed by atoms with Gasteiger partial charge in [-0.3, -0.25) is 9.98 Å². The molecule has 3 heterocycles. The standard InChI is InChI=1S/C5H6N4.C5H5N/c1-4-5(8-2-6-1)9-3-7-4;1-2-4-6-5-3-1/h2-3H,1H2,(H,6,8)(H,7,9);1-5H. The van der Waals surface area contributed by atoms with Gasteiger partial charge in [0, 0.05) is 12.4 Å². The van der Waals surface area contributed by atoms with Crippen LogP contribution in [0.15, 0.2) is 41.9 Å². The van der Waals surface area contributed by atoms with Gasteiger partial charge in [0.2, 0.25) is 0 Å². The molecule has 3 rings (SSSR count). The minimum Gasteiger partial charge on any atom is -0.345 e. The van der Waals surface area contributed by atoms with Crippen LogP contribution in [0.1, 0.15) is 5.69 Å². The van der Waals surface area contributed by atoms with E-state index in [1.165, 1.54) is 0 Å². The summed E-state index contributed by atoms with van der Waals surface area (Å²) in [4.78, 5) is 14.7. The first-order valence-electron chi connectivity index (χ1n) is 4.59. The number of anilines is 1. The first kappa shape index (κ1) is 9.39. The number of nitrogens with one attached hydrogen (secondary N) is 2. The van der Waals surface area contributed by atoms with Crippen molar-refractivity contribution in [2.75, 3.05) is 5.32 Å². The van der Waals surface area contributed by atoms with Crippen LogP contribution in [0, 0.1) is 0 Å². The molecule has 0 atom stereocenters. The van der Waals surface area contributed by atoms with Gasteiger partial charge in [0.1, 0.15) is 0 Å². The molecule has 0 saturated carbocycles. The number of hydrogen-bond acceptors (Lipinski definition) is 4. The second-order valence-corrected chi connectivity index (χ2v) is 2.87. The molecule has 1 aliphatic rings. The van der Waals surface area contributed by atoms with Crippen LogP contribution in [0.3, 0.4) is 0 Å². The van der Waals surface area contributed by atoms with Gasteiger partial charge in [-0.1, -0.05) is 6.07 Å². The Kier molecular flexibility index (Phi) is 3.07. The average molecular weight is 201 g/mol. The lowest BCUT2D eigenvalue weighted by molar-refractivity contribution is 1.00. The number of aromatic amines is 1. The van der Waals surface area contributed by atoms with E-state index in [1.54, 1.807) is 25.1 Å². The molecule has 0 aliphatic carbocycles. The van der Waals surface area contributed by atoms with Gasteiger partial charge in [-0.25, -0.2) is 4.98 Å². The fourth-order valence-corrected chi connectivity index (χ4v) is 1.12. The molecule has 0 saturated heterocycles. The Morgan fingerprint density at radius 3 is 2.60 bits per heavy atom. The average Bonchev–Trinajstić information content (AvgIpc) is 2.80. The zero-order valence-electron chi connectivity index (χ0n) is 8.09. The van der Waals surface area contributed by atoms with Crippen molar-refractivity contribution < 1.29 is 0 Å². The smallest absolute Gasteiger partial charge is 0.154 e. The van der Waals surface area contributed by atoms with Crippen molar-refractivity contribution in [3.05, 3.63) is 42.6 Å². The Morgan fingerprint density at radius 2 is 2.00 bits per heavy atom. The molecule has 0 bridgehead atoms. The molecule has 15 heavy (non-hydrogen) atoms. The van der Waals surface area contributed by atoms with Gasteiger partial charge < -0.3 is 10.3 Å². The van der Waals surface area contributed by atoms with Gasteiger partial charge in [-0.2, -0.15) is 0 Å². The Bertz CT molecular complexity index is 371. The molecule has 0 radical (unpaired) electrons. The highest BCUT2D eigenvalue weighted by molar-refractivity contribution is 5.76. The number of rotatable bonds is 0. The molecule has 0 spiro atoms. The minimum absolute atomic E-state index is 0.711. The van der Waals surface area contributed by atoms with Crippen LogP contribution in [0.4, 0.5) is 5.82 Å². The van der Waals surface area contributed by atoms with Crippen molar-refractivity contribution in [1.82, 2.24) is 15.0 Å². The fourth-order valence-electron chi connectivity index (χ4n) is 1.12. The number of H-pyrrole nitrogens is 1. The summed E-state index contributed by atoms with van der Waals surface area (Å²) in [6, 6.07) is 5.72. The van der Waals surface area contributed by atoms with Crippen molar-refractivity contribution in [3.8, 4) is 0 Å². The van der Waals surface area contributed by atoms with E-state index in [4.69, 9.17) is 0 Å². The van der Waals surface area contributed by atoms with E-state index in [9.17, 15) is 0 Å². The molecule has 2 N–H and O–H groups in total. The van der Waals surface area contributed by atoms with Crippen LogP contribution < -0.4 is 5.32 Å². The van der Waals surface area contributed by atoms with Gasteiger partial charge in [0.25, 0.3) is 0 Å². The highest BCUT2D eigenvalue weighted by atomic mass is 15.1. The molecule has 5 heteroatoms. The van der Waals surface area contributed by atoms with E-state index in [1.807, 2.05) is 18.2 Å². The van der Waals surface area contributed by atoms with Crippen LogP contribution in [0.2, 0.25) is 0 Å². The molecule has 2 aromatic heterocycles. The predicted molar refractivity (Wildman–Crippen MR) is 58.6 cm³/mol. The van der Waals surface area contributed by atoms with Gasteiger partial charge in [-0.05, 0) is 12.1 Å². The third-order valence-electron chi connectivity index (χ3n) is 1.83. The van der Waals surface area contributed by atoms with Gasteiger partial charge in [0.05, 0.1) is 24.9 Å². The second kappa shape index (κ2) is 4.90. The molecule has 0 fully saturated rings. The number of aromatic nitrogens is 3. The Morgan fingerprint density at radius 1 is 1.13 bits per heavy atom. The lowest BCUT2D eigenvalue weighted by Crippen LogP contribution is -2.03. The van der Waals surface area contributed by atoms with Crippen molar-refractivity contribution in [1.29, 1.82) is 0 Å². The number of pyridine rings is 1. The maximum absolute atomic E-state index is 4.00. The summed E-state index contributed by atoms with van der Waals surface area (Å²) >= 11 is 0. The first-order chi connectivity index (χ1) is 7.47. The van der Waals surface area contributed by atoms with Crippen LogP contribution in [0.5, 0.6) is 0 Å². The Balaban J connectivity index is 0.000000124. The van der Waals surface area contributed by atoms with Gasteiger partial charge in [0.15, 0.2) is 5.82 Å². The Hall–Kier alpha value is -2.17. The molecule has 2 aromatic rings. The third-order valence-corrected chi connectivity index (χ3v) is 1.83. The largest absolute Gasteiger partial charge is 0.345 e. The normalized spacial score (nSPS) is 12.0. The zero-order chi connectivity index (χ0) is 10.3. The zero-order valence-corrected chi connectivity index (χ0v) is 8.09. The van der Waals surface area contributed by atoms with E-state index >= 15 is 0 Å². The summed E-state index contributed by atoms with van der Waals surface area (Å²) in [6.45, 7) is 0.711. The summed E-state index contributed by atoms with van der Waals surface area (Å²) in [6.07, 6.45) is 6.82. The van der Waals surface area contributed by atoms with Crippen molar-refractivity contribution >= 4 is 12.2 Å². The summed E-state index contributed by atoms with van der Waals surface area (Å²) in [5.74, 6) is 0.894. The molecular weight excluding hydrogens is 190 g/mol. The van der Waals surface area contributed by atoms with Gasteiger partial charge in [-0.15, -0.1) is 0 Å². The number of aliphatic imine (C=N–C) groups is 1. The van der Waals surface area contributed by atoms with E-state index in [-0.39, 0.29) is 0 Å². The maximum atomic E-state index is 4.00. The molecule has 0 aromatic carbocycles. The predicted octanol–water partition coefficient (Wildman–Crippen LogP) is 1.45. The lowest BCUT2D eigenvalue weighted by atomic mass is 10.4. The van der Waals surface area contributed by atoms with E-state index in [2.05, 4.69) is 25.3 Å². The highest BCUT2D eigenvalue weighted by Crippen LogP contribution is 2.11. The molecule has 0 amide bonds. The first-order valence-corrected chi connectivity index (χ1v) is 4.59. The quantitative estimate of drug-likeness (QED) is 0.677. The molecule has 76 valence electrons. The van der Waals surface area contributed by atoms with Crippen LogP contribution in [0.25, 0.3) is 0 Å². The summed E-state index contributed by atoms with van der Waals surface area (Å²) < 4.78 is 0. The molecule has 0 unspecified atom stereocenters. The summed E-state index contributed by atoms with van der Waals surface area (Å²) in [7, 11) is 0. The van der Waals surface area contributed by atoms with Gasteiger partial charge >= 0.3 is 0 Å². The minimum atomic E-state index is 0.711. The number of fused-ring (bicyclic) bond motifs is 1. The van der Waals surface area contributed by atoms with E-state index in [0.29, 0.717) is 6.54 Å². The van der Waals surface area contributed by atoms with Crippen molar-refractivity contribution in [3.63, 3.8) is 0 Å². The molecule has 1 aliphatic heterocycles. The van der Waals surface area contributed by atoms with E-state index in [0.717, 1.165) is 11.5 Å². The summed E-state index contributed by atoms with van der Waals surface area (Å²) in [5, 5.41) is 2.91. The molecule has 5 nitrogen and oxygen atoms in total. The summed E-state index contributed by atoms with van der Waals surface area (Å²) in [5.41, 5.74) is 1.05. The number of imidazole rings is 1. The van der Waals surface area contributed by atoms with E-state index < -0.39 is 0 Å². The highest BCUT2D eigenvalue weighted by Gasteiger charge is 2.04. The second-order valence-electron chi connectivity index (χ2n) is 2.87. The monoisotopic (exact) mass is 201 g/mol. The van der Waals surface area contributed by atoms with Crippen LogP contribution in [-0.2, 0) is 6.54 Å². The molecular formula is C10H11N5. The number of hydrogen-bond donors (Lipinski definition) is 2. The Labute approximate surface area is 87.3 Å².